The quantitative estimate of drug-likeness (QED) is 0.590. The molecule has 3 rings (SSSR count). The Balaban J connectivity index is 1.47. The first-order valence-electron chi connectivity index (χ1n) is 8.35. The summed E-state index contributed by atoms with van der Waals surface area (Å²) in [7, 11) is 1.60. The molecule has 3 aromatic rings. The van der Waals surface area contributed by atoms with Gasteiger partial charge in [-0.3, -0.25) is 10.2 Å². The van der Waals surface area contributed by atoms with Crippen LogP contribution in [0.2, 0.25) is 0 Å². The molecule has 0 heterocycles. The molecular weight excluding hydrogens is 365 g/mol. The van der Waals surface area contributed by atoms with Crippen molar-refractivity contribution in [1.82, 2.24) is 10.9 Å². The van der Waals surface area contributed by atoms with E-state index in [0.717, 1.165) is 22.6 Å². The monoisotopic (exact) mass is 383 g/mol. The molecule has 0 aromatic heterocycles. The lowest BCUT2D eigenvalue weighted by Gasteiger charge is -2.10. The van der Waals surface area contributed by atoms with Crippen molar-refractivity contribution in [3.63, 3.8) is 0 Å². The summed E-state index contributed by atoms with van der Waals surface area (Å²) in [6.07, 6.45) is 0. The Morgan fingerprint density at radius 1 is 0.929 bits per heavy atom. The average molecular weight is 383 g/mol. The van der Waals surface area contributed by atoms with Crippen molar-refractivity contribution < 1.29 is 23.5 Å². The molecule has 3 amide bonds. The van der Waals surface area contributed by atoms with Crippen LogP contribution in [-0.4, -0.2) is 25.7 Å². The van der Waals surface area contributed by atoms with E-state index in [0.29, 0.717) is 5.75 Å². The molecular formula is C20H18FN3O4. The van der Waals surface area contributed by atoms with E-state index in [4.69, 9.17) is 9.47 Å². The topological polar surface area (TPSA) is 88.7 Å². The molecule has 8 heteroatoms. The Morgan fingerprint density at radius 2 is 1.64 bits per heavy atom. The average Bonchev–Trinajstić information content (AvgIpc) is 2.70. The zero-order valence-corrected chi connectivity index (χ0v) is 15.0. The van der Waals surface area contributed by atoms with Crippen LogP contribution in [0.5, 0.6) is 11.5 Å². The number of rotatable bonds is 5. The first-order valence-corrected chi connectivity index (χ1v) is 8.35. The van der Waals surface area contributed by atoms with Crippen molar-refractivity contribution in [1.29, 1.82) is 0 Å². The highest BCUT2D eigenvalue weighted by Crippen LogP contribution is 2.24. The Labute approximate surface area is 160 Å². The molecule has 0 unspecified atom stereocenters. The van der Waals surface area contributed by atoms with Crippen molar-refractivity contribution in [3.8, 4) is 11.5 Å². The van der Waals surface area contributed by atoms with Crippen LogP contribution in [0.4, 0.5) is 14.9 Å². The second kappa shape index (κ2) is 8.72. The van der Waals surface area contributed by atoms with Gasteiger partial charge in [-0.05, 0) is 53.2 Å². The molecule has 144 valence electrons. The van der Waals surface area contributed by atoms with Gasteiger partial charge in [-0.2, -0.15) is 0 Å². The molecule has 0 atom stereocenters. The number of nitrogens with one attached hydrogen (secondary N) is 3. The largest absolute Gasteiger partial charge is 0.497 e. The van der Waals surface area contributed by atoms with Crippen molar-refractivity contribution >= 4 is 28.4 Å². The van der Waals surface area contributed by atoms with Crippen molar-refractivity contribution in [2.24, 2.45) is 0 Å². The number of anilines is 1. The van der Waals surface area contributed by atoms with Crippen LogP contribution in [0, 0.1) is 5.82 Å². The Morgan fingerprint density at radius 3 is 2.36 bits per heavy atom. The van der Waals surface area contributed by atoms with Gasteiger partial charge in [0.25, 0.3) is 5.91 Å². The summed E-state index contributed by atoms with van der Waals surface area (Å²) in [6, 6.07) is 15.7. The highest BCUT2D eigenvalue weighted by molar-refractivity contribution is 5.91. The standard InChI is InChI=1S/C20H18FN3O4/c1-27-17-7-5-14-10-18(8-6-13(14)9-17)28-12-19(25)23-24-20(26)22-16-4-2-3-15(21)11-16/h2-11H,12H2,1H3,(H,23,25)(H2,22,24,26). The van der Waals surface area contributed by atoms with Gasteiger partial charge in [-0.15, -0.1) is 0 Å². The second-order valence-corrected chi connectivity index (χ2v) is 5.80. The maximum atomic E-state index is 13.1. The predicted octanol–water partition coefficient (Wildman–Crippen LogP) is 3.22. The van der Waals surface area contributed by atoms with Crippen LogP contribution in [0.15, 0.2) is 60.7 Å². The SMILES string of the molecule is COc1ccc2cc(OCC(=O)NNC(=O)Nc3cccc(F)c3)ccc2c1. The molecule has 0 aliphatic heterocycles. The van der Waals surface area contributed by atoms with Crippen LogP contribution >= 0.6 is 0 Å². The Kier molecular flexibility index (Phi) is 5.91. The number of hydrogen-bond acceptors (Lipinski definition) is 4. The third kappa shape index (κ3) is 5.10. The number of carbonyl (C=O) groups excluding carboxylic acids is 2. The second-order valence-electron chi connectivity index (χ2n) is 5.80. The van der Waals surface area contributed by atoms with E-state index >= 15 is 0 Å². The summed E-state index contributed by atoms with van der Waals surface area (Å²) < 4.78 is 23.7. The number of amides is 3. The fourth-order valence-corrected chi connectivity index (χ4v) is 2.46. The summed E-state index contributed by atoms with van der Waals surface area (Å²) in [6.45, 7) is -0.290. The minimum atomic E-state index is -0.710. The van der Waals surface area contributed by atoms with Crippen LogP contribution in [-0.2, 0) is 4.79 Å². The normalized spacial score (nSPS) is 10.2. The maximum absolute atomic E-state index is 13.1. The lowest BCUT2D eigenvalue weighted by molar-refractivity contribution is -0.123. The van der Waals surface area contributed by atoms with Gasteiger partial charge in [-0.25, -0.2) is 14.6 Å². The van der Waals surface area contributed by atoms with Crippen molar-refractivity contribution in [3.05, 3.63) is 66.5 Å². The third-order valence-electron chi connectivity index (χ3n) is 3.79. The van der Waals surface area contributed by atoms with Gasteiger partial charge in [0.05, 0.1) is 7.11 Å². The fourth-order valence-electron chi connectivity index (χ4n) is 2.46. The van der Waals surface area contributed by atoms with Crippen LogP contribution < -0.4 is 25.6 Å². The molecule has 0 saturated carbocycles. The number of carbonyl (C=O) groups is 2. The van der Waals surface area contributed by atoms with Gasteiger partial charge in [0, 0.05) is 5.69 Å². The Bertz CT molecular complexity index is 1010. The minimum absolute atomic E-state index is 0.260. The van der Waals surface area contributed by atoms with Crippen molar-refractivity contribution in [2.45, 2.75) is 0 Å². The van der Waals surface area contributed by atoms with Gasteiger partial charge in [0.15, 0.2) is 6.61 Å². The van der Waals surface area contributed by atoms with Crippen LogP contribution in [0.25, 0.3) is 10.8 Å². The molecule has 3 aromatic carbocycles. The number of hydrogen-bond donors (Lipinski definition) is 3. The van der Waals surface area contributed by atoms with Crippen molar-refractivity contribution in [2.75, 3.05) is 19.0 Å². The zero-order valence-electron chi connectivity index (χ0n) is 15.0. The fraction of sp³-hybridized carbons (Fsp3) is 0.100. The van der Waals surface area contributed by atoms with Gasteiger partial charge in [-0.1, -0.05) is 18.2 Å². The highest BCUT2D eigenvalue weighted by Gasteiger charge is 2.07. The number of methoxy groups -OCH3 is 1. The van der Waals surface area contributed by atoms with E-state index in [1.54, 1.807) is 19.2 Å². The van der Waals surface area contributed by atoms with E-state index in [2.05, 4.69) is 16.2 Å². The number of hydrazine groups is 1. The van der Waals surface area contributed by atoms with Crippen LogP contribution in [0.3, 0.4) is 0 Å². The van der Waals surface area contributed by atoms with Gasteiger partial charge in [0.2, 0.25) is 0 Å². The summed E-state index contributed by atoms with van der Waals surface area (Å²) in [4.78, 5) is 23.5. The summed E-state index contributed by atoms with van der Waals surface area (Å²) in [5.41, 5.74) is 4.63. The first-order chi connectivity index (χ1) is 13.5. The molecule has 7 nitrogen and oxygen atoms in total. The maximum Gasteiger partial charge on any atom is 0.337 e. The van der Waals surface area contributed by atoms with Gasteiger partial charge in [0.1, 0.15) is 17.3 Å². The number of fused-ring (bicyclic) bond motifs is 1. The molecule has 0 aliphatic carbocycles. The zero-order chi connectivity index (χ0) is 19.9. The number of ether oxygens (including phenoxy) is 2. The summed E-state index contributed by atoms with van der Waals surface area (Å²) in [5.74, 6) is 0.230. The van der Waals surface area contributed by atoms with Gasteiger partial charge < -0.3 is 14.8 Å². The molecule has 0 saturated heterocycles. The number of urea groups is 1. The first kappa shape index (κ1) is 19.0. The smallest absolute Gasteiger partial charge is 0.337 e. The van der Waals surface area contributed by atoms with E-state index in [1.165, 1.54) is 18.2 Å². The summed E-state index contributed by atoms with van der Waals surface area (Å²) in [5, 5.41) is 4.30. The third-order valence-corrected chi connectivity index (χ3v) is 3.79. The van der Waals surface area contributed by atoms with E-state index in [-0.39, 0.29) is 12.3 Å². The molecule has 3 N–H and O–H groups in total. The van der Waals surface area contributed by atoms with E-state index in [9.17, 15) is 14.0 Å². The van der Waals surface area contributed by atoms with Crippen LogP contribution in [0.1, 0.15) is 0 Å². The van der Waals surface area contributed by atoms with Gasteiger partial charge >= 0.3 is 6.03 Å². The molecule has 0 fully saturated rings. The molecule has 28 heavy (non-hydrogen) atoms. The van der Waals surface area contributed by atoms with E-state index < -0.39 is 17.8 Å². The minimum Gasteiger partial charge on any atom is -0.497 e. The molecule has 0 bridgehead atoms. The lowest BCUT2D eigenvalue weighted by Crippen LogP contribution is -2.45. The number of halogens is 1. The molecule has 0 radical (unpaired) electrons. The number of benzene rings is 3. The summed E-state index contributed by atoms with van der Waals surface area (Å²) >= 11 is 0. The van der Waals surface area contributed by atoms with E-state index in [1.807, 2.05) is 24.3 Å². The predicted molar refractivity (Wildman–Crippen MR) is 103 cm³/mol. The highest BCUT2D eigenvalue weighted by atomic mass is 19.1. The lowest BCUT2D eigenvalue weighted by atomic mass is 10.1. The Hall–Kier alpha value is -3.81. The molecule has 0 spiro atoms. The molecule has 0 aliphatic rings.